The zero-order chi connectivity index (χ0) is 13.8. The molecule has 0 radical (unpaired) electrons. The normalized spacial score (nSPS) is 23.3. The van der Waals surface area contributed by atoms with Crippen molar-refractivity contribution in [3.05, 3.63) is 17.5 Å². The smallest absolute Gasteiger partial charge is 0.269 e. The van der Waals surface area contributed by atoms with Crippen LogP contribution in [0.1, 0.15) is 49.3 Å². The molecule has 2 atom stereocenters. The van der Waals surface area contributed by atoms with Gasteiger partial charge < -0.3 is 10.6 Å². The number of nitrogens with zero attached hydrogens (tertiary/aromatic N) is 2. The van der Waals surface area contributed by atoms with Gasteiger partial charge in [0.05, 0.1) is 5.69 Å². The van der Waals surface area contributed by atoms with Gasteiger partial charge in [-0.3, -0.25) is 9.48 Å². The van der Waals surface area contributed by atoms with Gasteiger partial charge in [-0.2, -0.15) is 5.10 Å². The maximum Gasteiger partial charge on any atom is 0.269 e. The Kier molecular flexibility index (Phi) is 4.58. The van der Waals surface area contributed by atoms with E-state index < -0.39 is 0 Å². The second kappa shape index (κ2) is 6.19. The van der Waals surface area contributed by atoms with E-state index in [-0.39, 0.29) is 5.91 Å². The van der Waals surface area contributed by atoms with E-state index in [0.29, 0.717) is 24.3 Å². The van der Waals surface area contributed by atoms with Crippen molar-refractivity contribution >= 4 is 5.91 Å². The van der Waals surface area contributed by atoms with E-state index >= 15 is 0 Å². The molecule has 0 saturated carbocycles. The third-order valence-corrected chi connectivity index (χ3v) is 3.74. The first-order chi connectivity index (χ1) is 9.10. The number of nitrogens with one attached hydrogen (secondary N) is 2. The van der Waals surface area contributed by atoms with Gasteiger partial charge in [0.2, 0.25) is 0 Å². The van der Waals surface area contributed by atoms with Crippen molar-refractivity contribution in [2.45, 2.75) is 51.6 Å². The predicted molar refractivity (Wildman–Crippen MR) is 75.2 cm³/mol. The lowest BCUT2D eigenvalue weighted by Crippen LogP contribution is -2.47. The molecule has 2 heterocycles. The highest BCUT2D eigenvalue weighted by atomic mass is 16.2. The van der Waals surface area contributed by atoms with Crippen LogP contribution in [0.2, 0.25) is 0 Å². The fourth-order valence-electron chi connectivity index (χ4n) is 2.62. The maximum absolute atomic E-state index is 12.1. The molecule has 106 valence electrons. The lowest BCUT2D eigenvalue weighted by Gasteiger charge is -2.28. The largest absolute Gasteiger partial charge is 0.349 e. The summed E-state index contributed by atoms with van der Waals surface area (Å²) in [5.74, 6) is -0.0327. The third-order valence-electron chi connectivity index (χ3n) is 3.74. The van der Waals surface area contributed by atoms with E-state index in [0.717, 1.165) is 18.5 Å². The molecular formula is C14H24N4O. The van der Waals surface area contributed by atoms with Crippen LogP contribution in [-0.4, -0.2) is 34.3 Å². The molecular weight excluding hydrogens is 240 g/mol. The molecule has 19 heavy (non-hydrogen) atoms. The molecule has 2 N–H and O–H groups in total. The van der Waals surface area contributed by atoms with Gasteiger partial charge in [0, 0.05) is 25.7 Å². The van der Waals surface area contributed by atoms with Crippen molar-refractivity contribution in [3.8, 4) is 0 Å². The second-order valence-electron chi connectivity index (χ2n) is 5.40. The lowest BCUT2D eigenvalue weighted by atomic mass is 10.00. The van der Waals surface area contributed by atoms with Crippen molar-refractivity contribution in [2.24, 2.45) is 7.05 Å². The first kappa shape index (κ1) is 14.1. The second-order valence-corrected chi connectivity index (χ2v) is 5.40. The minimum absolute atomic E-state index is 0.0327. The Hall–Kier alpha value is -1.36. The zero-order valence-electron chi connectivity index (χ0n) is 12.1. The summed E-state index contributed by atoms with van der Waals surface area (Å²) in [5.41, 5.74) is 1.60. The Morgan fingerprint density at radius 1 is 1.58 bits per heavy atom. The van der Waals surface area contributed by atoms with Gasteiger partial charge in [0.15, 0.2) is 0 Å². The van der Waals surface area contributed by atoms with Crippen molar-refractivity contribution in [1.29, 1.82) is 0 Å². The van der Waals surface area contributed by atoms with Gasteiger partial charge in [-0.25, -0.2) is 0 Å². The minimum Gasteiger partial charge on any atom is -0.349 e. The molecule has 1 aliphatic rings. The van der Waals surface area contributed by atoms with Crippen LogP contribution in [-0.2, 0) is 13.5 Å². The molecule has 2 rings (SSSR count). The SMILES string of the molecule is CCc1cc(C(=O)NCC2CCCC(C)N2)n(C)n1. The molecule has 1 fully saturated rings. The van der Waals surface area contributed by atoms with E-state index in [1.807, 2.05) is 20.0 Å². The molecule has 1 amide bonds. The standard InChI is InChI=1S/C14H24N4O/c1-4-11-8-13(18(3)17-11)14(19)15-9-12-7-5-6-10(2)16-12/h8,10,12,16H,4-7,9H2,1-3H3,(H,15,19). The number of hydrogen-bond acceptors (Lipinski definition) is 3. The summed E-state index contributed by atoms with van der Waals surface area (Å²) in [4.78, 5) is 12.1. The number of hydrogen-bond donors (Lipinski definition) is 2. The summed E-state index contributed by atoms with van der Waals surface area (Å²) >= 11 is 0. The van der Waals surface area contributed by atoms with Crippen molar-refractivity contribution in [3.63, 3.8) is 0 Å². The quantitative estimate of drug-likeness (QED) is 0.860. The number of rotatable bonds is 4. The van der Waals surface area contributed by atoms with E-state index in [2.05, 4.69) is 22.7 Å². The summed E-state index contributed by atoms with van der Waals surface area (Å²) in [5, 5.41) is 10.8. The van der Waals surface area contributed by atoms with Gasteiger partial charge >= 0.3 is 0 Å². The zero-order valence-corrected chi connectivity index (χ0v) is 12.1. The Labute approximate surface area is 114 Å². The van der Waals surface area contributed by atoms with E-state index in [4.69, 9.17) is 0 Å². The highest BCUT2D eigenvalue weighted by Gasteiger charge is 2.19. The highest BCUT2D eigenvalue weighted by molar-refractivity contribution is 5.92. The molecule has 1 aromatic heterocycles. The highest BCUT2D eigenvalue weighted by Crippen LogP contribution is 2.11. The summed E-state index contributed by atoms with van der Waals surface area (Å²) < 4.78 is 1.66. The van der Waals surface area contributed by atoms with Gasteiger partial charge in [-0.05, 0) is 32.3 Å². The minimum atomic E-state index is -0.0327. The average molecular weight is 264 g/mol. The van der Waals surface area contributed by atoms with Crippen molar-refractivity contribution in [2.75, 3.05) is 6.54 Å². The topological polar surface area (TPSA) is 59.0 Å². The first-order valence-electron chi connectivity index (χ1n) is 7.17. The number of carbonyl (C=O) groups excluding carboxylic acids is 1. The van der Waals surface area contributed by atoms with Crippen LogP contribution >= 0.6 is 0 Å². The number of aryl methyl sites for hydroxylation is 2. The number of aromatic nitrogens is 2. The van der Waals surface area contributed by atoms with Crippen LogP contribution in [0, 0.1) is 0 Å². The van der Waals surface area contributed by atoms with Gasteiger partial charge in [-0.1, -0.05) is 13.3 Å². The average Bonchev–Trinajstić information content (AvgIpc) is 2.77. The molecule has 5 nitrogen and oxygen atoms in total. The van der Waals surface area contributed by atoms with E-state index in [9.17, 15) is 4.79 Å². The maximum atomic E-state index is 12.1. The van der Waals surface area contributed by atoms with Crippen LogP contribution in [0.3, 0.4) is 0 Å². The predicted octanol–water partition coefficient (Wildman–Crippen LogP) is 1.24. The van der Waals surface area contributed by atoms with Crippen LogP contribution in [0.25, 0.3) is 0 Å². The van der Waals surface area contributed by atoms with Crippen molar-refractivity contribution in [1.82, 2.24) is 20.4 Å². The molecule has 0 spiro atoms. The fourth-order valence-corrected chi connectivity index (χ4v) is 2.62. The van der Waals surface area contributed by atoms with Crippen LogP contribution < -0.4 is 10.6 Å². The number of carbonyl (C=O) groups is 1. The fraction of sp³-hybridized carbons (Fsp3) is 0.714. The summed E-state index contributed by atoms with van der Waals surface area (Å²) in [6.45, 7) is 4.93. The molecule has 1 aliphatic heterocycles. The van der Waals surface area contributed by atoms with Gasteiger partial charge in [-0.15, -0.1) is 0 Å². The van der Waals surface area contributed by atoms with E-state index in [1.165, 1.54) is 12.8 Å². The summed E-state index contributed by atoms with van der Waals surface area (Å²) in [6.07, 6.45) is 4.45. The molecule has 5 heteroatoms. The van der Waals surface area contributed by atoms with Gasteiger partial charge in [0.25, 0.3) is 5.91 Å². The number of amides is 1. The molecule has 0 bridgehead atoms. The number of piperidine rings is 1. The van der Waals surface area contributed by atoms with Crippen LogP contribution in [0.4, 0.5) is 0 Å². The Morgan fingerprint density at radius 2 is 2.37 bits per heavy atom. The molecule has 0 aliphatic carbocycles. The van der Waals surface area contributed by atoms with E-state index in [1.54, 1.807) is 4.68 Å². The Balaban J connectivity index is 1.88. The molecule has 1 aromatic rings. The van der Waals surface area contributed by atoms with Crippen LogP contribution in [0.15, 0.2) is 6.07 Å². The molecule has 0 aromatic carbocycles. The Morgan fingerprint density at radius 3 is 3.00 bits per heavy atom. The Bertz CT molecular complexity index is 441. The van der Waals surface area contributed by atoms with Crippen LogP contribution in [0.5, 0.6) is 0 Å². The monoisotopic (exact) mass is 264 g/mol. The lowest BCUT2D eigenvalue weighted by molar-refractivity contribution is 0.0937. The molecule has 1 saturated heterocycles. The summed E-state index contributed by atoms with van der Waals surface area (Å²) in [7, 11) is 1.81. The van der Waals surface area contributed by atoms with Gasteiger partial charge in [0.1, 0.15) is 5.69 Å². The van der Waals surface area contributed by atoms with Crippen molar-refractivity contribution < 1.29 is 4.79 Å². The summed E-state index contributed by atoms with van der Waals surface area (Å²) in [6, 6.07) is 2.82. The third kappa shape index (κ3) is 3.56. The molecule has 2 unspecified atom stereocenters. The first-order valence-corrected chi connectivity index (χ1v) is 7.17.